The molecule has 2 aromatic carbocycles. The maximum absolute atomic E-state index is 12.8. The molecule has 3 aromatic rings. The summed E-state index contributed by atoms with van der Waals surface area (Å²) in [5.41, 5.74) is 1.64. The van der Waals surface area contributed by atoms with Crippen molar-refractivity contribution in [1.82, 2.24) is 9.97 Å². The quantitative estimate of drug-likeness (QED) is 0.676. The van der Waals surface area contributed by atoms with Crippen LogP contribution in [0.2, 0.25) is 0 Å². The molecular weight excluding hydrogens is 362 g/mol. The van der Waals surface area contributed by atoms with Crippen LogP contribution in [0.4, 0.5) is 5.69 Å². The third-order valence-corrected chi connectivity index (χ3v) is 4.41. The number of hydrogen-bond donors (Lipinski definition) is 2. The van der Waals surface area contributed by atoms with Gasteiger partial charge in [0.05, 0.1) is 23.4 Å². The lowest BCUT2D eigenvalue weighted by molar-refractivity contribution is -0.117. The molecule has 0 spiro atoms. The van der Waals surface area contributed by atoms with Crippen LogP contribution in [0, 0.1) is 6.92 Å². The van der Waals surface area contributed by atoms with Crippen molar-refractivity contribution in [3.63, 3.8) is 0 Å². The Labute approximate surface area is 159 Å². The van der Waals surface area contributed by atoms with Crippen LogP contribution in [0.25, 0.3) is 0 Å². The highest BCUT2D eigenvalue weighted by atomic mass is 16.5. The summed E-state index contributed by atoms with van der Waals surface area (Å²) in [5.74, 6) is -1.73. The predicted molar refractivity (Wildman–Crippen MR) is 98.8 cm³/mol. The Balaban J connectivity index is 1.64. The number of carbonyl (C=O) groups excluding carboxylic acids is 2. The number of carboxylic acid groups (broad SMARTS) is 1. The summed E-state index contributed by atoms with van der Waals surface area (Å²) in [5, 5.41) is 9.22. The monoisotopic (exact) mass is 377 g/mol. The molecule has 0 bridgehead atoms. The number of aromatic carboxylic acids is 1. The number of ether oxygens (including phenoxy) is 1. The van der Waals surface area contributed by atoms with Crippen LogP contribution in [-0.2, 0) is 11.2 Å². The van der Waals surface area contributed by atoms with E-state index >= 15 is 0 Å². The minimum Gasteiger partial charge on any atom is -0.478 e. The molecule has 4 rings (SSSR count). The molecule has 1 aromatic heterocycles. The van der Waals surface area contributed by atoms with E-state index in [0.29, 0.717) is 16.9 Å². The van der Waals surface area contributed by atoms with Gasteiger partial charge in [0.15, 0.2) is 5.69 Å². The summed E-state index contributed by atoms with van der Waals surface area (Å²) in [6.45, 7) is 1.68. The number of fused-ring (bicyclic) bond motifs is 1. The molecule has 0 atom stereocenters. The van der Waals surface area contributed by atoms with Crippen molar-refractivity contribution in [2.24, 2.45) is 0 Å². The van der Waals surface area contributed by atoms with Crippen molar-refractivity contribution in [3.05, 3.63) is 71.0 Å². The van der Waals surface area contributed by atoms with Gasteiger partial charge in [-0.2, -0.15) is 4.98 Å². The number of aromatic amines is 1. The zero-order valence-electron chi connectivity index (χ0n) is 14.8. The summed E-state index contributed by atoms with van der Waals surface area (Å²) in [6, 6.07) is 13.2. The van der Waals surface area contributed by atoms with Crippen LogP contribution in [0.1, 0.15) is 32.1 Å². The number of rotatable bonds is 4. The zero-order valence-corrected chi connectivity index (χ0v) is 14.8. The fourth-order valence-electron chi connectivity index (χ4n) is 3.03. The number of carboxylic acids is 1. The van der Waals surface area contributed by atoms with Gasteiger partial charge in [-0.1, -0.05) is 24.3 Å². The second kappa shape index (κ2) is 6.66. The van der Waals surface area contributed by atoms with E-state index in [1.54, 1.807) is 49.4 Å². The number of imidazole rings is 1. The van der Waals surface area contributed by atoms with E-state index in [4.69, 9.17) is 4.74 Å². The first kappa shape index (κ1) is 17.5. The molecule has 0 aliphatic carbocycles. The summed E-state index contributed by atoms with van der Waals surface area (Å²) >= 11 is 0. The number of benzene rings is 2. The number of imide groups is 1. The topological polar surface area (TPSA) is 113 Å². The first-order valence-electron chi connectivity index (χ1n) is 8.47. The van der Waals surface area contributed by atoms with Gasteiger partial charge in [0.1, 0.15) is 5.75 Å². The maximum Gasteiger partial charge on any atom is 0.336 e. The normalized spacial score (nSPS) is 13.4. The van der Waals surface area contributed by atoms with Gasteiger partial charge in [0.2, 0.25) is 5.91 Å². The number of carbonyl (C=O) groups is 3. The molecule has 1 aliphatic heterocycles. The molecule has 8 nitrogen and oxygen atoms in total. The Bertz CT molecular complexity index is 1100. The predicted octanol–water partition coefficient (Wildman–Crippen LogP) is 2.94. The number of anilines is 1. The highest BCUT2D eigenvalue weighted by Crippen LogP contribution is 2.28. The highest BCUT2D eigenvalue weighted by Gasteiger charge is 2.35. The third-order valence-electron chi connectivity index (χ3n) is 4.41. The summed E-state index contributed by atoms with van der Waals surface area (Å²) in [6.07, 6.45) is -0.0272. The fraction of sp³-hybridized carbons (Fsp3) is 0.100. The maximum atomic E-state index is 12.8. The van der Waals surface area contributed by atoms with Crippen LogP contribution >= 0.6 is 0 Å². The van der Waals surface area contributed by atoms with Gasteiger partial charge >= 0.3 is 5.97 Å². The molecular formula is C20H15N3O5. The second-order valence-corrected chi connectivity index (χ2v) is 6.30. The van der Waals surface area contributed by atoms with Gasteiger partial charge in [-0.3, -0.25) is 9.59 Å². The molecule has 28 heavy (non-hydrogen) atoms. The SMILES string of the molecule is Cc1ccc(Oc2nc3c([nH]2)CC(=O)N(c2ccccc2)C3=O)cc1C(=O)O. The Morgan fingerprint density at radius 3 is 2.64 bits per heavy atom. The smallest absolute Gasteiger partial charge is 0.336 e. The molecule has 1 aliphatic rings. The van der Waals surface area contributed by atoms with Crippen LogP contribution in [0.5, 0.6) is 11.8 Å². The Hall–Kier alpha value is -3.94. The van der Waals surface area contributed by atoms with Gasteiger partial charge in [0, 0.05) is 0 Å². The Morgan fingerprint density at radius 1 is 1.18 bits per heavy atom. The largest absolute Gasteiger partial charge is 0.478 e. The molecule has 0 fully saturated rings. The van der Waals surface area contributed by atoms with Crippen LogP contribution in [-0.4, -0.2) is 32.9 Å². The zero-order chi connectivity index (χ0) is 19.8. The molecule has 0 saturated heterocycles. The number of aryl methyl sites for hydroxylation is 1. The van der Waals surface area contributed by atoms with Gasteiger partial charge in [0.25, 0.3) is 11.9 Å². The van der Waals surface area contributed by atoms with Gasteiger partial charge in [-0.05, 0) is 36.8 Å². The molecule has 2 N–H and O–H groups in total. The van der Waals surface area contributed by atoms with Crippen molar-refractivity contribution < 1.29 is 24.2 Å². The van der Waals surface area contributed by atoms with Crippen molar-refractivity contribution in [2.45, 2.75) is 13.3 Å². The number of para-hydroxylation sites is 1. The lowest BCUT2D eigenvalue weighted by Crippen LogP contribution is -2.42. The van der Waals surface area contributed by atoms with E-state index in [9.17, 15) is 19.5 Å². The lowest BCUT2D eigenvalue weighted by Gasteiger charge is -2.23. The van der Waals surface area contributed by atoms with Crippen molar-refractivity contribution in [1.29, 1.82) is 0 Å². The van der Waals surface area contributed by atoms with E-state index in [2.05, 4.69) is 9.97 Å². The number of nitrogens with zero attached hydrogens (tertiary/aromatic N) is 2. The number of aromatic nitrogens is 2. The first-order valence-corrected chi connectivity index (χ1v) is 8.47. The average molecular weight is 377 g/mol. The fourth-order valence-corrected chi connectivity index (χ4v) is 3.03. The number of amides is 2. The second-order valence-electron chi connectivity index (χ2n) is 6.30. The summed E-state index contributed by atoms with van der Waals surface area (Å²) < 4.78 is 5.59. The molecule has 0 radical (unpaired) electrons. The van der Waals surface area contributed by atoms with E-state index in [1.165, 1.54) is 6.07 Å². The molecule has 2 heterocycles. The van der Waals surface area contributed by atoms with Crippen molar-refractivity contribution in [2.75, 3.05) is 4.90 Å². The first-order chi connectivity index (χ1) is 13.4. The van der Waals surface area contributed by atoms with E-state index in [0.717, 1.165) is 4.90 Å². The Kier molecular flexibility index (Phi) is 4.15. The standard InChI is InChI=1S/C20H15N3O5/c1-11-7-8-13(9-14(11)19(26)27)28-20-21-15-10-16(24)23(18(25)17(15)22-20)12-5-3-2-4-6-12/h2-9H,10H2,1H3,(H,21,22)(H,26,27). The van der Waals surface area contributed by atoms with Gasteiger partial charge < -0.3 is 14.8 Å². The van der Waals surface area contributed by atoms with Crippen LogP contribution < -0.4 is 9.64 Å². The van der Waals surface area contributed by atoms with E-state index in [-0.39, 0.29) is 35.3 Å². The number of nitrogens with one attached hydrogen (secondary N) is 1. The Morgan fingerprint density at radius 2 is 1.93 bits per heavy atom. The summed E-state index contributed by atoms with van der Waals surface area (Å²) in [4.78, 5) is 44.6. The molecule has 8 heteroatoms. The molecule has 0 unspecified atom stereocenters. The van der Waals surface area contributed by atoms with Crippen molar-refractivity contribution >= 4 is 23.5 Å². The van der Waals surface area contributed by atoms with Crippen LogP contribution in [0.15, 0.2) is 48.5 Å². The minimum atomic E-state index is -1.07. The summed E-state index contributed by atoms with van der Waals surface area (Å²) in [7, 11) is 0. The lowest BCUT2D eigenvalue weighted by atomic mass is 10.1. The number of hydrogen-bond acceptors (Lipinski definition) is 5. The molecule has 0 saturated carbocycles. The molecule has 140 valence electrons. The minimum absolute atomic E-state index is 0.0150. The highest BCUT2D eigenvalue weighted by molar-refractivity contribution is 6.23. The van der Waals surface area contributed by atoms with E-state index < -0.39 is 11.9 Å². The van der Waals surface area contributed by atoms with E-state index in [1.807, 2.05) is 0 Å². The van der Waals surface area contributed by atoms with Gasteiger partial charge in [-0.25, -0.2) is 9.69 Å². The van der Waals surface area contributed by atoms with Gasteiger partial charge in [-0.15, -0.1) is 0 Å². The molecule has 2 amide bonds. The average Bonchev–Trinajstić information content (AvgIpc) is 3.06. The third kappa shape index (κ3) is 3.01. The van der Waals surface area contributed by atoms with Crippen molar-refractivity contribution in [3.8, 4) is 11.8 Å². The number of H-pyrrole nitrogens is 1. The van der Waals surface area contributed by atoms with Crippen LogP contribution in [0.3, 0.4) is 0 Å².